The molecule has 0 bridgehead atoms. The molecule has 1 fully saturated rings. The van der Waals surface area contributed by atoms with E-state index in [0.29, 0.717) is 4.57 Å². The molecule has 156 valence electrons. The summed E-state index contributed by atoms with van der Waals surface area (Å²) < 4.78 is 25.6. The first-order chi connectivity index (χ1) is 13.4. The molecule has 0 aromatic carbocycles. The number of H-pyrrole nitrogens is 1. The SMILES string of the molecule is C#Cc1cn([C@]2(C#C)O[C@](F)(COC(=O)[C@@H](N)C(C)C)[C@@H](O)[C@H]2O)c(=O)[nH]c1=O. The second kappa shape index (κ2) is 7.81. The summed E-state index contributed by atoms with van der Waals surface area (Å²) in [5.41, 5.74) is 0.552. The highest BCUT2D eigenvalue weighted by atomic mass is 19.2. The molecule has 11 heteroatoms. The maximum absolute atomic E-state index is 15.3. The Labute approximate surface area is 164 Å². The van der Waals surface area contributed by atoms with Crippen molar-refractivity contribution in [1.82, 2.24) is 9.55 Å². The molecule has 2 rings (SSSR count). The van der Waals surface area contributed by atoms with Crippen molar-refractivity contribution in [2.75, 3.05) is 6.61 Å². The lowest BCUT2D eigenvalue weighted by molar-refractivity contribution is -0.234. The van der Waals surface area contributed by atoms with Crippen LogP contribution in [0.4, 0.5) is 4.39 Å². The van der Waals surface area contributed by atoms with Gasteiger partial charge in [-0.2, -0.15) is 0 Å². The molecule has 0 radical (unpaired) electrons. The van der Waals surface area contributed by atoms with E-state index < -0.39 is 53.7 Å². The second-order valence-electron chi connectivity index (χ2n) is 6.81. The van der Waals surface area contributed by atoms with Crippen LogP contribution in [0.25, 0.3) is 0 Å². The lowest BCUT2D eigenvalue weighted by atomic mass is 10.0. The first-order valence-corrected chi connectivity index (χ1v) is 8.41. The van der Waals surface area contributed by atoms with Crippen LogP contribution in [0.2, 0.25) is 0 Å². The number of alkyl halides is 1. The number of ether oxygens (including phenoxy) is 2. The van der Waals surface area contributed by atoms with E-state index in [4.69, 9.17) is 28.1 Å². The molecule has 2 heterocycles. The Morgan fingerprint density at radius 1 is 1.45 bits per heavy atom. The third-order valence-electron chi connectivity index (χ3n) is 4.53. The number of carbonyl (C=O) groups is 1. The number of carbonyl (C=O) groups excluding carboxylic acids is 1. The second-order valence-corrected chi connectivity index (χ2v) is 6.81. The Bertz CT molecular complexity index is 1000. The Morgan fingerprint density at radius 3 is 2.59 bits per heavy atom. The van der Waals surface area contributed by atoms with E-state index in [1.54, 1.807) is 13.8 Å². The number of nitrogens with two attached hydrogens (primary N) is 1. The molecule has 29 heavy (non-hydrogen) atoms. The average Bonchev–Trinajstić information content (AvgIpc) is 2.87. The Kier molecular flexibility index (Phi) is 6.02. The third-order valence-corrected chi connectivity index (χ3v) is 4.53. The number of halogens is 1. The standard InChI is InChI=1S/C18H20FN3O7/c1-5-10-7-22(16(27)21-14(10)25)18(6-2)13(24)12(23)17(19,29-18)8-28-15(26)11(20)9(3)4/h1-2,7,9,11-13,23-24H,8,20H2,3-4H3,(H,21,25,27)/t11-,12-,13+,17+,18+/m0/s1. The van der Waals surface area contributed by atoms with Crippen molar-refractivity contribution in [3.8, 4) is 24.7 Å². The first-order valence-electron chi connectivity index (χ1n) is 8.41. The van der Waals surface area contributed by atoms with Crippen molar-refractivity contribution in [2.24, 2.45) is 11.7 Å². The molecular weight excluding hydrogens is 389 g/mol. The van der Waals surface area contributed by atoms with Crippen molar-refractivity contribution in [3.05, 3.63) is 32.6 Å². The highest BCUT2D eigenvalue weighted by Gasteiger charge is 2.65. The molecule has 0 amide bonds. The summed E-state index contributed by atoms with van der Waals surface area (Å²) in [5.74, 6) is -0.588. The van der Waals surface area contributed by atoms with Gasteiger partial charge < -0.3 is 20.7 Å². The highest BCUT2D eigenvalue weighted by molar-refractivity contribution is 5.75. The normalized spacial score (nSPS) is 29.8. The van der Waals surface area contributed by atoms with E-state index >= 15 is 4.39 Å². The fourth-order valence-corrected chi connectivity index (χ4v) is 2.68. The van der Waals surface area contributed by atoms with Gasteiger partial charge in [-0.3, -0.25) is 23.9 Å². The maximum Gasteiger partial charge on any atom is 0.331 e. The molecule has 1 aliphatic rings. The van der Waals surface area contributed by atoms with E-state index in [9.17, 15) is 24.6 Å². The fourth-order valence-electron chi connectivity index (χ4n) is 2.68. The summed E-state index contributed by atoms with van der Waals surface area (Å²) in [6.45, 7) is 2.10. The van der Waals surface area contributed by atoms with Gasteiger partial charge in [0.25, 0.3) is 11.4 Å². The molecule has 1 aliphatic heterocycles. The lowest BCUT2D eigenvalue weighted by Gasteiger charge is -2.29. The van der Waals surface area contributed by atoms with Crippen LogP contribution in [0.1, 0.15) is 19.4 Å². The summed E-state index contributed by atoms with van der Waals surface area (Å²) in [5, 5.41) is 20.6. The van der Waals surface area contributed by atoms with Crippen LogP contribution in [0.5, 0.6) is 0 Å². The zero-order chi connectivity index (χ0) is 22.1. The Balaban J connectivity index is 2.44. The zero-order valence-corrected chi connectivity index (χ0v) is 15.6. The smallest absolute Gasteiger partial charge is 0.331 e. The van der Waals surface area contributed by atoms with Crippen LogP contribution in [0.3, 0.4) is 0 Å². The summed E-state index contributed by atoms with van der Waals surface area (Å²) in [6.07, 6.45) is 6.81. The molecule has 0 saturated carbocycles. The number of aromatic amines is 1. The molecule has 5 atom stereocenters. The van der Waals surface area contributed by atoms with Gasteiger partial charge in [-0.1, -0.05) is 19.8 Å². The van der Waals surface area contributed by atoms with Gasteiger partial charge in [-0.05, 0) is 11.8 Å². The number of aliphatic hydroxyl groups is 2. The monoisotopic (exact) mass is 409 g/mol. The highest BCUT2D eigenvalue weighted by Crippen LogP contribution is 2.42. The predicted molar refractivity (Wildman–Crippen MR) is 96.8 cm³/mol. The molecule has 5 N–H and O–H groups in total. The van der Waals surface area contributed by atoms with Crippen molar-refractivity contribution in [2.45, 2.75) is 43.7 Å². The minimum atomic E-state index is -3.19. The van der Waals surface area contributed by atoms with Gasteiger partial charge in [0.1, 0.15) is 23.8 Å². The number of aliphatic hydroxyl groups excluding tert-OH is 2. The minimum absolute atomic E-state index is 0.315. The van der Waals surface area contributed by atoms with E-state index in [1.807, 2.05) is 16.8 Å². The number of rotatable bonds is 5. The predicted octanol–water partition coefficient (Wildman–Crippen LogP) is -2.25. The number of terminal acetylenes is 2. The van der Waals surface area contributed by atoms with Gasteiger partial charge in [0, 0.05) is 6.20 Å². The number of hydrogen-bond donors (Lipinski definition) is 4. The van der Waals surface area contributed by atoms with Crippen LogP contribution in [-0.2, 0) is 20.0 Å². The van der Waals surface area contributed by atoms with Crippen molar-refractivity contribution >= 4 is 5.97 Å². The zero-order valence-electron chi connectivity index (χ0n) is 15.6. The van der Waals surface area contributed by atoms with Gasteiger partial charge in [0.15, 0.2) is 6.61 Å². The summed E-state index contributed by atoms with van der Waals surface area (Å²) >= 11 is 0. The molecule has 1 aromatic rings. The fraction of sp³-hybridized carbons (Fsp3) is 0.500. The molecular formula is C18H20FN3O7. The van der Waals surface area contributed by atoms with Gasteiger partial charge in [0.2, 0.25) is 5.72 Å². The van der Waals surface area contributed by atoms with Gasteiger partial charge in [-0.15, -0.1) is 12.8 Å². The van der Waals surface area contributed by atoms with E-state index in [0.717, 1.165) is 6.20 Å². The molecule has 10 nitrogen and oxygen atoms in total. The van der Waals surface area contributed by atoms with E-state index in [1.165, 1.54) is 0 Å². The number of hydrogen-bond acceptors (Lipinski definition) is 8. The molecule has 0 unspecified atom stereocenters. The topological polar surface area (TPSA) is 157 Å². The Hall–Kier alpha value is -2.96. The number of aromatic nitrogens is 2. The largest absolute Gasteiger partial charge is 0.458 e. The summed E-state index contributed by atoms with van der Waals surface area (Å²) in [7, 11) is 0. The maximum atomic E-state index is 15.3. The summed E-state index contributed by atoms with van der Waals surface area (Å²) in [4.78, 5) is 37.6. The van der Waals surface area contributed by atoms with Gasteiger partial charge in [0.05, 0.1) is 0 Å². The van der Waals surface area contributed by atoms with Crippen LogP contribution in [0, 0.1) is 30.6 Å². The van der Waals surface area contributed by atoms with Crippen molar-refractivity contribution in [3.63, 3.8) is 0 Å². The lowest BCUT2D eigenvalue weighted by Crippen LogP contribution is -2.51. The third kappa shape index (κ3) is 3.69. The van der Waals surface area contributed by atoms with E-state index in [-0.39, 0.29) is 11.5 Å². The quantitative estimate of drug-likeness (QED) is 0.314. The molecule has 1 aromatic heterocycles. The minimum Gasteiger partial charge on any atom is -0.458 e. The van der Waals surface area contributed by atoms with Crippen LogP contribution in [-0.4, -0.2) is 56.4 Å². The van der Waals surface area contributed by atoms with Crippen molar-refractivity contribution in [1.29, 1.82) is 0 Å². The number of nitrogens with one attached hydrogen (secondary N) is 1. The average molecular weight is 409 g/mol. The van der Waals surface area contributed by atoms with Crippen molar-refractivity contribution < 1.29 is 28.9 Å². The van der Waals surface area contributed by atoms with Crippen LogP contribution >= 0.6 is 0 Å². The molecule has 1 saturated heterocycles. The number of nitrogens with zero attached hydrogens (tertiary/aromatic N) is 1. The van der Waals surface area contributed by atoms with Gasteiger partial charge >= 0.3 is 11.7 Å². The summed E-state index contributed by atoms with van der Waals surface area (Å²) in [6, 6.07) is -1.07. The number of esters is 1. The van der Waals surface area contributed by atoms with Crippen LogP contribution < -0.4 is 17.0 Å². The molecule has 0 spiro atoms. The Morgan fingerprint density at radius 2 is 2.07 bits per heavy atom. The first kappa shape index (κ1) is 22.3. The van der Waals surface area contributed by atoms with Gasteiger partial charge in [-0.25, -0.2) is 9.18 Å². The molecule has 0 aliphatic carbocycles. The van der Waals surface area contributed by atoms with Crippen LogP contribution in [0.15, 0.2) is 15.8 Å². The van der Waals surface area contributed by atoms with E-state index in [2.05, 4.69) is 0 Å².